The zero-order chi connectivity index (χ0) is 13.9. The van der Waals surface area contributed by atoms with E-state index < -0.39 is 0 Å². The summed E-state index contributed by atoms with van der Waals surface area (Å²) in [6.07, 6.45) is 3.73. The largest absolute Gasteiger partial charge is 0.353 e. The maximum atomic E-state index is 4.73. The van der Waals surface area contributed by atoms with Gasteiger partial charge in [-0.2, -0.15) is 11.8 Å². The molecule has 4 nitrogen and oxygen atoms in total. The number of hydrogen-bond acceptors (Lipinski definition) is 5. The van der Waals surface area contributed by atoms with Crippen LogP contribution in [0.15, 0.2) is 12.4 Å². The Morgan fingerprint density at radius 3 is 2.89 bits per heavy atom. The highest BCUT2D eigenvalue weighted by atomic mass is 32.2. The molecule has 0 aromatic carbocycles. The molecule has 2 heterocycles. The van der Waals surface area contributed by atoms with Crippen LogP contribution < -0.4 is 10.2 Å². The summed E-state index contributed by atoms with van der Waals surface area (Å²) in [6, 6.07) is 0.468. The summed E-state index contributed by atoms with van der Waals surface area (Å²) in [6.45, 7) is 11.7. The first-order valence-corrected chi connectivity index (χ1v) is 7.88. The van der Waals surface area contributed by atoms with Crippen LogP contribution in [0.4, 0.5) is 5.82 Å². The van der Waals surface area contributed by atoms with Crippen molar-refractivity contribution in [3.8, 4) is 0 Å². The van der Waals surface area contributed by atoms with Gasteiger partial charge in [0.25, 0.3) is 0 Å². The lowest BCUT2D eigenvalue weighted by Gasteiger charge is -2.38. The van der Waals surface area contributed by atoms with E-state index in [1.54, 1.807) is 0 Å². The van der Waals surface area contributed by atoms with E-state index in [-0.39, 0.29) is 0 Å². The minimum absolute atomic E-state index is 0.298. The van der Waals surface area contributed by atoms with E-state index in [0.29, 0.717) is 10.8 Å². The van der Waals surface area contributed by atoms with Crippen molar-refractivity contribution in [1.29, 1.82) is 0 Å². The highest BCUT2D eigenvalue weighted by molar-refractivity contribution is 8.00. The van der Waals surface area contributed by atoms with Gasteiger partial charge in [0.1, 0.15) is 5.82 Å². The molecule has 1 aromatic rings. The zero-order valence-corrected chi connectivity index (χ0v) is 13.1. The molecule has 0 unspecified atom stereocenters. The molecule has 1 saturated heterocycles. The first-order chi connectivity index (χ1) is 8.96. The van der Waals surface area contributed by atoms with Crippen LogP contribution in [0, 0.1) is 0 Å². The number of hydrogen-bond donors (Lipinski definition) is 1. The summed E-state index contributed by atoms with van der Waals surface area (Å²) in [5.74, 6) is 2.17. The predicted octanol–water partition coefficient (Wildman–Crippen LogP) is 2.31. The van der Waals surface area contributed by atoms with Gasteiger partial charge in [0, 0.05) is 42.4 Å². The van der Waals surface area contributed by atoms with E-state index in [9.17, 15) is 0 Å². The third kappa shape index (κ3) is 4.35. The third-order valence-corrected chi connectivity index (χ3v) is 4.41. The lowest BCUT2D eigenvalue weighted by Crippen LogP contribution is -2.43. The minimum Gasteiger partial charge on any atom is -0.353 e. The molecule has 1 N–H and O–H groups in total. The van der Waals surface area contributed by atoms with Crippen molar-refractivity contribution >= 4 is 17.6 Å². The van der Waals surface area contributed by atoms with E-state index in [2.05, 4.69) is 42.9 Å². The van der Waals surface area contributed by atoms with Gasteiger partial charge in [-0.25, -0.2) is 4.98 Å². The molecule has 0 aliphatic carbocycles. The number of rotatable bonds is 4. The first-order valence-electron chi connectivity index (χ1n) is 6.89. The Hall–Kier alpha value is -0.810. The Kier molecular flexibility index (Phi) is 4.68. The molecule has 1 aromatic heterocycles. The molecule has 0 amide bonds. The Morgan fingerprint density at radius 2 is 2.21 bits per heavy atom. The highest BCUT2D eigenvalue weighted by Gasteiger charge is 2.27. The van der Waals surface area contributed by atoms with Crippen molar-refractivity contribution in [1.82, 2.24) is 15.3 Å². The van der Waals surface area contributed by atoms with Gasteiger partial charge < -0.3 is 10.2 Å². The van der Waals surface area contributed by atoms with Gasteiger partial charge in [-0.1, -0.05) is 13.8 Å². The molecule has 1 fully saturated rings. The monoisotopic (exact) mass is 280 g/mol. The van der Waals surface area contributed by atoms with E-state index in [1.165, 1.54) is 0 Å². The second-order valence-corrected chi connectivity index (χ2v) is 7.74. The molecule has 1 aliphatic rings. The Balaban J connectivity index is 2.05. The van der Waals surface area contributed by atoms with Crippen LogP contribution in [-0.4, -0.2) is 39.6 Å². The fraction of sp³-hybridized carbons (Fsp3) is 0.714. The van der Waals surface area contributed by atoms with Gasteiger partial charge >= 0.3 is 0 Å². The molecule has 0 radical (unpaired) electrons. The van der Waals surface area contributed by atoms with Crippen LogP contribution in [0.3, 0.4) is 0 Å². The molecular formula is C14H24N4S. The average molecular weight is 280 g/mol. The van der Waals surface area contributed by atoms with E-state index >= 15 is 0 Å². The summed E-state index contributed by atoms with van der Waals surface area (Å²) >= 11 is 2.03. The number of nitrogens with one attached hydrogen (secondary N) is 1. The zero-order valence-electron chi connectivity index (χ0n) is 12.3. The number of anilines is 1. The first kappa shape index (κ1) is 14.6. The maximum absolute atomic E-state index is 4.73. The normalized spacial score (nSPS) is 18.9. The lowest BCUT2D eigenvalue weighted by molar-refractivity contribution is 0.578. The molecule has 0 saturated carbocycles. The van der Waals surface area contributed by atoms with Gasteiger partial charge in [0.05, 0.1) is 11.9 Å². The molecular weight excluding hydrogens is 256 g/mol. The second-order valence-electron chi connectivity index (χ2n) is 5.93. The molecule has 0 bridgehead atoms. The fourth-order valence-corrected chi connectivity index (χ4v) is 3.26. The molecule has 19 heavy (non-hydrogen) atoms. The van der Waals surface area contributed by atoms with Crippen LogP contribution in [-0.2, 0) is 6.54 Å². The summed E-state index contributed by atoms with van der Waals surface area (Å²) < 4.78 is 0.298. The van der Waals surface area contributed by atoms with Crippen molar-refractivity contribution in [2.24, 2.45) is 0 Å². The van der Waals surface area contributed by atoms with Crippen LogP contribution in [0.5, 0.6) is 0 Å². The molecule has 1 aliphatic heterocycles. The van der Waals surface area contributed by atoms with Crippen LogP contribution in [0.2, 0.25) is 0 Å². The minimum atomic E-state index is 0.298. The highest BCUT2D eigenvalue weighted by Crippen LogP contribution is 2.31. The van der Waals surface area contributed by atoms with Gasteiger partial charge in [-0.3, -0.25) is 4.98 Å². The number of aromatic nitrogens is 2. The third-order valence-electron chi connectivity index (χ3n) is 3.11. The van der Waals surface area contributed by atoms with Gasteiger partial charge in [-0.05, 0) is 13.8 Å². The second kappa shape index (κ2) is 6.09. The summed E-state index contributed by atoms with van der Waals surface area (Å²) in [7, 11) is 0. The summed E-state index contributed by atoms with van der Waals surface area (Å²) in [5, 5.41) is 3.38. The van der Waals surface area contributed by atoms with Crippen molar-refractivity contribution in [2.75, 3.05) is 23.7 Å². The predicted molar refractivity (Wildman–Crippen MR) is 82.8 cm³/mol. The lowest BCUT2D eigenvalue weighted by atomic mass is 10.2. The topological polar surface area (TPSA) is 41.1 Å². The van der Waals surface area contributed by atoms with Crippen molar-refractivity contribution in [2.45, 2.75) is 45.0 Å². The molecule has 0 spiro atoms. The Labute approximate surface area is 120 Å². The molecule has 106 valence electrons. The molecule has 2 rings (SSSR count). The SMILES string of the molecule is CC(C)NCc1cncc(N2CCSC(C)(C)C2)n1. The van der Waals surface area contributed by atoms with Gasteiger partial charge in [-0.15, -0.1) is 0 Å². The smallest absolute Gasteiger partial charge is 0.147 e. The van der Waals surface area contributed by atoms with E-state index in [4.69, 9.17) is 4.98 Å². The van der Waals surface area contributed by atoms with Crippen molar-refractivity contribution in [3.63, 3.8) is 0 Å². The van der Waals surface area contributed by atoms with E-state index in [1.807, 2.05) is 24.2 Å². The van der Waals surface area contributed by atoms with Crippen LogP contribution in [0.1, 0.15) is 33.4 Å². The van der Waals surface area contributed by atoms with E-state index in [0.717, 1.165) is 36.9 Å². The summed E-state index contributed by atoms with van der Waals surface area (Å²) in [5.41, 5.74) is 1.02. The van der Waals surface area contributed by atoms with Crippen molar-refractivity contribution in [3.05, 3.63) is 18.1 Å². The van der Waals surface area contributed by atoms with Crippen molar-refractivity contribution < 1.29 is 0 Å². The molecule has 0 atom stereocenters. The Morgan fingerprint density at radius 1 is 1.42 bits per heavy atom. The van der Waals surface area contributed by atoms with Gasteiger partial charge in [0.15, 0.2) is 0 Å². The van der Waals surface area contributed by atoms with Crippen LogP contribution in [0.25, 0.3) is 0 Å². The fourth-order valence-electron chi connectivity index (χ4n) is 2.15. The Bertz CT molecular complexity index is 420. The maximum Gasteiger partial charge on any atom is 0.147 e. The average Bonchev–Trinajstić information content (AvgIpc) is 2.35. The molecule has 5 heteroatoms. The van der Waals surface area contributed by atoms with Gasteiger partial charge in [0.2, 0.25) is 0 Å². The van der Waals surface area contributed by atoms with Crippen LogP contribution >= 0.6 is 11.8 Å². The number of nitrogens with zero attached hydrogens (tertiary/aromatic N) is 3. The standard InChI is InChI=1S/C14H24N4S/c1-11(2)16-8-12-7-15-9-13(17-12)18-5-6-19-14(3,4)10-18/h7,9,11,16H,5-6,8,10H2,1-4H3. The summed E-state index contributed by atoms with van der Waals surface area (Å²) in [4.78, 5) is 11.4. The number of thioether (sulfide) groups is 1. The quantitative estimate of drug-likeness (QED) is 0.916.